The minimum atomic E-state index is -0.187. The summed E-state index contributed by atoms with van der Waals surface area (Å²) >= 11 is 1.58. The van der Waals surface area contributed by atoms with Crippen LogP contribution in [0.15, 0.2) is 18.2 Å². The quantitative estimate of drug-likeness (QED) is 0.832. The van der Waals surface area contributed by atoms with Gasteiger partial charge in [0.25, 0.3) is 0 Å². The van der Waals surface area contributed by atoms with Crippen molar-refractivity contribution in [2.75, 3.05) is 37.6 Å². The second-order valence-electron chi connectivity index (χ2n) is 4.53. The summed E-state index contributed by atoms with van der Waals surface area (Å²) in [7, 11) is 0. The summed E-state index contributed by atoms with van der Waals surface area (Å²) < 4.78 is 14.1. The fourth-order valence-electron chi connectivity index (χ4n) is 2.28. The van der Waals surface area contributed by atoms with Crippen LogP contribution in [-0.2, 0) is 0 Å². The highest BCUT2D eigenvalue weighted by Gasteiger charge is 2.18. The SMILES string of the molecule is CCN1CCN(c2nc3ccc(F)cc3s2)CC1. The fourth-order valence-corrected chi connectivity index (χ4v) is 3.32. The van der Waals surface area contributed by atoms with E-state index >= 15 is 0 Å². The van der Waals surface area contributed by atoms with Gasteiger partial charge in [0.2, 0.25) is 0 Å². The lowest BCUT2D eigenvalue weighted by molar-refractivity contribution is 0.271. The Morgan fingerprint density at radius 3 is 2.78 bits per heavy atom. The minimum absolute atomic E-state index is 0.187. The van der Waals surface area contributed by atoms with Crippen LogP contribution in [0, 0.1) is 5.82 Å². The normalized spacial score (nSPS) is 17.6. The van der Waals surface area contributed by atoms with Gasteiger partial charge in [0, 0.05) is 26.2 Å². The Balaban J connectivity index is 1.82. The first kappa shape index (κ1) is 11.9. The third-order valence-corrected chi connectivity index (χ3v) is 4.51. The zero-order chi connectivity index (χ0) is 12.5. The molecule has 1 aliphatic rings. The topological polar surface area (TPSA) is 19.4 Å². The molecule has 0 aliphatic carbocycles. The van der Waals surface area contributed by atoms with Crippen molar-refractivity contribution in [2.24, 2.45) is 0 Å². The molecule has 0 spiro atoms. The van der Waals surface area contributed by atoms with Gasteiger partial charge in [0.15, 0.2) is 5.13 Å². The molecule has 1 aromatic heterocycles. The van der Waals surface area contributed by atoms with Crippen LogP contribution in [0.2, 0.25) is 0 Å². The molecule has 2 heterocycles. The van der Waals surface area contributed by atoms with Crippen LogP contribution in [0.3, 0.4) is 0 Å². The lowest BCUT2D eigenvalue weighted by Crippen LogP contribution is -2.46. The van der Waals surface area contributed by atoms with Crippen molar-refractivity contribution in [2.45, 2.75) is 6.92 Å². The average Bonchev–Trinajstić information content (AvgIpc) is 2.81. The van der Waals surface area contributed by atoms with Gasteiger partial charge in [-0.1, -0.05) is 18.3 Å². The predicted octanol–water partition coefficient (Wildman–Crippen LogP) is 2.58. The molecular formula is C13H16FN3S. The molecule has 0 unspecified atom stereocenters. The molecule has 1 aromatic carbocycles. The van der Waals surface area contributed by atoms with Gasteiger partial charge >= 0.3 is 0 Å². The highest BCUT2D eigenvalue weighted by atomic mass is 32.1. The highest BCUT2D eigenvalue weighted by molar-refractivity contribution is 7.22. The Hall–Kier alpha value is -1.20. The van der Waals surface area contributed by atoms with Crippen molar-refractivity contribution < 1.29 is 4.39 Å². The average molecular weight is 265 g/mol. The van der Waals surface area contributed by atoms with E-state index in [1.165, 1.54) is 6.07 Å². The third-order valence-electron chi connectivity index (χ3n) is 3.43. The third kappa shape index (κ3) is 2.20. The van der Waals surface area contributed by atoms with Crippen LogP contribution in [0.4, 0.5) is 9.52 Å². The summed E-state index contributed by atoms with van der Waals surface area (Å²) in [5.74, 6) is -0.187. The van der Waals surface area contributed by atoms with Gasteiger partial charge < -0.3 is 9.80 Å². The van der Waals surface area contributed by atoms with Gasteiger partial charge in [-0.05, 0) is 24.7 Å². The van der Waals surface area contributed by atoms with Crippen LogP contribution in [-0.4, -0.2) is 42.6 Å². The van der Waals surface area contributed by atoms with E-state index in [-0.39, 0.29) is 5.82 Å². The smallest absolute Gasteiger partial charge is 0.186 e. The number of benzene rings is 1. The lowest BCUT2D eigenvalue weighted by atomic mass is 10.3. The molecule has 0 radical (unpaired) electrons. The van der Waals surface area contributed by atoms with Crippen molar-refractivity contribution in [1.29, 1.82) is 0 Å². The lowest BCUT2D eigenvalue weighted by Gasteiger charge is -2.33. The van der Waals surface area contributed by atoms with Gasteiger partial charge in [-0.15, -0.1) is 0 Å². The Kier molecular flexibility index (Phi) is 3.18. The Morgan fingerprint density at radius 1 is 1.28 bits per heavy atom. The summed E-state index contributed by atoms with van der Waals surface area (Å²) in [6.07, 6.45) is 0. The van der Waals surface area contributed by atoms with Crippen LogP contribution >= 0.6 is 11.3 Å². The van der Waals surface area contributed by atoms with E-state index in [1.54, 1.807) is 23.5 Å². The number of hydrogen-bond donors (Lipinski definition) is 0. The molecule has 3 nitrogen and oxygen atoms in total. The molecule has 1 fully saturated rings. The van der Waals surface area contributed by atoms with Gasteiger partial charge in [-0.3, -0.25) is 0 Å². The van der Waals surface area contributed by atoms with E-state index in [0.29, 0.717) is 0 Å². The summed E-state index contributed by atoms with van der Waals surface area (Å²) in [4.78, 5) is 9.32. The summed E-state index contributed by atoms with van der Waals surface area (Å²) in [5, 5.41) is 1.02. The van der Waals surface area contributed by atoms with Gasteiger partial charge in [-0.2, -0.15) is 0 Å². The van der Waals surface area contributed by atoms with Crippen molar-refractivity contribution >= 4 is 26.7 Å². The number of aromatic nitrogens is 1. The number of nitrogens with zero attached hydrogens (tertiary/aromatic N) is 3. The van der Waals surface area contributed by atoms with Gasteiger partial charge in [0.1, 0.15) is 5.82 Å². The summed E-state index contributed by atoms with van der Waals surface area (Å²) in [5.41, 5.74) is 0.898. The second kappa shape index (κ2) is 4.82. The van der Waals surface area contributed by atoms with E-state index in [4.69, 9.17) is 0 Å². The Morgan fingerprint density at radius 2 is 2.06 bits per heavy atom. The van der Waals surface area contributed by atoms with Gasteiger partial charge in [0.05, 0.1) is 10.2 Å². The first-order valence-electron chi connectivity index (χ1n) is 6.29. The molecule has 3 rings (SSSR count). The number of fused-ring (bicyclic) bond motifs is 1. The van der Waals surface area contributed by atoms with E-state index in [1.807, 2.05) is 0 Å². The molecule has 0 atom stereocenters. The zero-order valence-electron chi connectivity index (χ0n) is 10.4. The maximum atomic E-state index is 13.1. The molecule has 96 valence electrons. The molecule has 0 N–H and O–H groups in total. The van der Waals surface area contributed by atoms with Crippen LogP contribution in [0.5, 0.6) is 0 Å². The van der Waals surface area contributed by atoms with E-state index in [0.717, 1.165) is 48.1 Å². The molecule has 2 aromatic rings. The number of thiazole rings is 1. The highest BCUT2D eigenvalue weighted by Crippen LogP contribution is 2.29. The van der Waals surface area contributed by atoms with Crippen molar-refractivity contribution in [3.63, 3.8) is 0 Å². The Bertz CT molecular complexity index is 546. The summed E-state index contributed by atoms with van der Waals surface area (Å²) in [6, 6.07) is 4.80. The number of piperazine rings is 1. The molecule has 0 bridgehead atoms. The van der Waals surface area contributed by atoms with E-state index in [9.17, 15) is 4.39 Å². The van der Waals surface area contributed by atoms with E-state index < -0.39 is 0 Å². The molecule has 18 heavy (non-hydrogen) atoms. The monoisotopic (exact) mass is 265 g/mol. The molecule has 5 heteroatoms. The van der Waals surface area contributed by atoms with Crippen molar-refractivity contribution in [1.82, 2.24) is 9.88 Å². The largest absolute Gasteiger partial charge is 0.345 e. The number of hydrogen-bond acceptors (Lipinski definition) is 4. The van der Waals surface area contributed by atoms with Crippen molar-refractivity contribution in [3.05, 3.63) is 24.0 Å². The number of halogens is 1. The molecular weight excluding hydrogens is 249 g/mol. The van der Waals surface area contributed by atoms with Crippen LogP contribution in [0.1, 0.15) is 6.92 Å². The summed E-state index contributed by atoms with van der Waals surface area (Å²) in [6.45, 7) is 7.49. The van der Waals surface area contributed by atoms with Crippen LogP contribution in [0.25, 0.3) is 10.2 Å². The molecule has 0 saturated carbocycles. The number of likely N-dealkylation sites (N-methyl/N-ethyl adjacent to an activating group) is 1. The first-order valence-corrected chi connectivity index (χ1v) is 7.11. The zero-order valence-corrected chi connectivity index (χ0v) is 11.2. The fraction of sp³-hybridized carbons (Fsp3) is 0.462. The minimum Gasteiger partial charge on any atom is -0.345 e. The predicted molar refractivity (Wildman–Crippen MR) is 73.9 cm³/mol. The second-order valence-corrected chi connectivity index (χ2v) is 5.54. The number of rotatable bonds is 2. The molecule has 0 amide bonds. The van der Waals surface area contributed by atoms with Gasteiger partial charge in [-0.25, -0.2) is 9.37 Å². The Labute approximate surface area is 110 Å². The molecule has 1 aliphatic heterocycles. The van der Waals surface area contributed by atoms with E-state index in [2.05, 4.69) is 21.7 Å². The van der Waals surface area contributed by atoms with Crippen molar-refractivity contribution in [3.8, 4) is 0 Å². The maximum Gasteiger partial charge on any atom is 0.186 e. The molecule has 1 saturated heterocycles. The maximum absolute atomic E-state index is 13.1. The standard InChI is InChI=1S/C13H16FN3S/c1-2-16-5-7-17(8-6-16)13-15-11-4-3-10(14)9-12(11)18-13/h3-4,9H,2,5-8H2,1H3. The van der Waals surface area contributed by atoms with Crippen LogP contribution < -0.4 is 4.90 Å². The first-order chi connectivity index (χ1) is 8.76. The number of anilines is 1.